The van der Waals surface area contributed by atoms with Crippen LogP contribution in [0.5, 0.6) is 0 Å². The van der Waals surface area contributed by atoms with Crippen LogP contribution in [-0.2, 0) is 16.1 Å². The molecule has 0 spiro atoms. The van der Waals surface area contributed by atoms with Crippen LogP contribution < -0.4 is 5.73 Å². The van der Waals surface area contributed by atoms with Crippen molar-refractivity contribution >= 4 is 5.97 Å². The topological polar surface area (TPSA) is 61.5 Å². The van der Waals surface area contributed by atoms with Gasteiger partial charge in [0.1, 0.15) is 0 Å². The van der Waals surface area contributed by atoms with Gasteiger partial charge in [0, 0.05) is 6.61 Å². The van der Waals surface area contributed by atoms with Crippen LogP contribution in [0.4, 0.5) is 0 Å². The SMILES string of the molecule is CC(C)OC(=O)c1cccc(COCCCN)c1. The van der Waals surface area contributed by atoms with Gasteiger partial charge in [-0.3, -0.25) is 0 Å². The molecule has 4 heteroatoms. The number of benzene rings is 1. The van der Waals surface area contributed by atoms with Crippen LogP contribution in [0.3, 0.4) is 0 Å². The molecule has 0 fully saturated rings. The van der Waals surface area contributed by atoms with E-state index in [2.05, 4.69) is 0 Å². The molecule has 0 aliphatic rings. The van der Waals surface area contributed by atoms with E-state index in [-0.39, 0.29) is 12.1 Å². The second-order valence-corrected chi connectivity index (χ2v) is 4.35. The lowest BCUT2D eigenvalue weighted by atomic mass is 10.1. The Bertz CT molecular complexity index is 377. The second-order valence-electron chi connectivity index (χ2n) is 4.35. The van der Waals surface area contributed by atoms with E-state index in [9.17, 15) is 4.79 Å². The highest BCUT2D eigenvalue weighted by molar-refractivity contribution is 5.89. The predicted octanol–water partition coefficient (Wildman–Crippen LogP) is 2.12. The third-order valence-electron chi connectivity index (χ3n) is 2.27. The molecule has 4 nitrogen and oxygen atoms in total. The summed E-state index contributed by atoms with van der Waals surface area (Å²) >= 11 is 0. The average Bonchev–Trinajstić information content (AvgIpc) is 2.34. The first kappa shape index (κ1) is 14.7. The van der Waals surface area contributed by atoms with Crippen LogP contribution in [0.15, 0.2) is 24.3 Å². The molecule has 0 heterocycles. The van der Waals surface area contributed by atoms with Crippen molar-refractivity contribution < 1.29 is 14.3 Å². The molecule has 0 aliphatic carbocycles. The smallest absolute Gasteiger partial charge is 0.338 e. The first-order chi connectivity index (χ1) is 8.63. The lowest BCUT2D eigenvalue weighted by Gasteiger charge is -2.09. The van der Waals surface area contributed by atoms with Crippen LogP contribution in [0.1, 0.15) is 36.2 Å². The monoisotopic (exact) mass is 251 g/mol. The fraction of sp³-hybridized carbons (Fsp3) is 0.500. The van der Waals surface area contributed by atoms with Crippen LogP contribution in [0.2, 0.25) is 0 Å². The number of esters is 1. The Morgan fingerprint density at radius 3 is 2.83 bits per heavy atom. The lowest BCUT2D eigenvalue weighted by molar-refractivity contribution is 0.0377. The van der Waals surface area contributed by atoms with Gasteiger partial charge >= 0.3 is 5.97 Å². The quantitative estimate of drug-likeness (QED) is 0.595. The summed E-state index contributed by atoms with van der Waals surface area (Å²) in [6.45, 7) is 5.41. The summed E-state index contributed by atoms with van der Waals surface area (Å²) in [7, 11) is 0. The molecule has 0 unspecified atom stereocenters. The molecule has 2 N–H and O–H groups in total. The van der Waals surface area contributed by atoms with Gasteiger partial charge in [-0.05, 0) is 44.5 Å². The van der Waals surface area contributed by atoms with Gasteiger partial charge in [-0.1, -0.05) is 12.1 Å². The van der Waals surface area contributed by atoms with E-state index in [0.717, 1.165) is 12.0 Å². The normalized spacial score (nSPS) is 10.7. The minimum Gasteiger partial charge on any atom is -0.459 e. The molecule has 18 heavy (non-hydrogen) atoms. The number of hydrogen-bond donors (Lipinski definition) is 1. The van der Waals surface area contributed by atoms with Crippen LogP contribution in [0.25, 0.3) is 0 Å². The first-order valence-electron chi connectivity index (χ1n) is 6.21. The maximum atomic E-state index is 11.7. The molecule has 0 amide bonds. The number of nitrogens with two attached hydrogens (primary N) is 1. The summed E-state index contributed by atoms with van der Waals surface area (Å²) in [5.41, 5.74) is 6.90. The van der Waals surface area contributed by atoms with Crippen molar-refractivity contribution in [2.75, 3.05) is 13.2 Å². The van der Waals surface area contributed by atoms with Crippen molar-refractivity contribution in [2.45, 2.75) is 33.0 Å². The van der Waals surface area contributed by atoms with Gasteiger partial charge in [0.25, 0.3) is 0 Å². The molecule has 0 radical (unpaired) electrons. The zero-order valence-electron chi connectivity index (χ0n) is 11.0. The highest BCUT2D eigenvalue weighted by Gasteiger charge is 2.09. The highest BCUT2D eigenvalue weighted by Crippen LogP contribution is 2.09. The Morgan fingerprint density at radius 2 is 2.17 bits per heavy atom. The Labute approximate surface area is 108 Å². The predicted molar refractivity (Wildman–Crippen MR) is 70.3 cm³/mol. The van der Waals surface area contributed by atoms with Crippen molar-refractivity contribution in [1.29, 1.82) is 0 Å². The highest BCUT2D eigenvalue weighted by atomic mass is 16.5. The minimum absolute atomic E-state index is 0.109. The molecular formula is C14H21NO3. The van der Waals surface area contributed by atoms with E-state index in [1.807, 2.05) is 26.0 Å². The largest absolute Gasteiger partial charge is 0.459 e. The van der Waals surface area contributed by atoms with Crippen molar-refractivity contribution in [3.63, 3.8) is 0 Å². The Morgan fingerprint density at radius 1 is 1.39 bits per heavy atom. The Hall–Kier alpha value is -1.39. The maximum absolute atomic E-state index is 11.7. The lowest BCUT2D eigenvalue weighted by Crippen LogP contribution is -2.12. The molecule has 0 aliphatic heterocycles. The molecule has 0 saturated heterocycles. The number of hydrogen-bond acceptors (Lipinski definition) is 4. The van der Waals surface area contributed by atoms with E-state index < -0.39 is 0 Å². The summed E-state index contributed by atoms with van der Waals surface area (Å²) in [5, 5.41) is 0. The number of carbonyl (C=O) groups excluding carboxylic acids is 1. The van der Waals surface area contributed by atoms with E-state index in [4.69, 9.17) is 15.2 Å². The number of rotatable bonds is 7. The summed E-state index contributed by atoms with van der Waals surface area (Å²) in [4.78, 5) is 11.7. The fourth-order valence-electron chi connectivity index (χ4n) is 1.45. The molecule has 1 rings (SSSR count). The van der Waals surface area contributed by atoms with Crippen LogP contribution in [0, 0.1) is 0 Å². The van der Waals surface area contributed by atoms with Crippen LogP contribution in [-0.4, -0.2) is 25.2 Å². The molecule has 0 bridgehead atoms. The van der Waals surface area contributed by atoms with Crippen molar-refractivity contribution in [1.82, 2.24) is 0 Å². The standard InChI is InChI=1S/C14H21NO3/c1-11(2)18-14(16)13-6-3-5-12(9-13)10-17-8-4-7-15/h3,5-6,9,11H,4,7-8,10,15H2,1-2H3. The van der Waals surface area contributed by atoms with Crippen molar-refractivity contribution in [3.8, 4) is 0 Å². The van der Waals surface area contributed by atoms with E-state index >= 15 is 0 Å². The Kier molecular flexibility index (Phi) is 6.39. The van der Waals surface area contributed by atoms with Gasteiger partial charge in [0.2, 0.25) is 0 Å². The van der Waals surface area contributed by atoms with Gasteiger partial charge in [0.05, 0.1) is 18.3 Å². The molecular weight excluding hydrogens is 230 g/mol. The summed E-state index contributed by atoms with van der Waals surface area (Å²) in [6.07, 6.45) is 0.733. The number of carbonyl (C=O) groups is 1. The van der Waals surface area contributed by atoms with Crippen molar-refractivity contribution in [2.24, 2.45) is 5.73 Å². The third kappa shape index (κ3) is 5.29. The van der Waals surface area contributed by atoms with Gasteiger partial charge < -0.3 is 15.2 Å². The van der Waals surface area contributed by atoms with E-state index in [1.165, 1.54) is 0 Å². The molecule has 1 aromatic rings. The number of ether oxygens (including phenoxy) is 2. The maximum Gasteiger partial charge on any atom is 0.338 e. The zero-order chi connectivity index (χ0) is 13.4. The summed E-state index contributed by atoms with van der Waals surface area (Å²) in [5.74, 6) is -0.297. The summed E-state index contributed by atoms with van der Waals surface area (Å²) in [6, 6.07) is 7.30. The first-order valence-corrected chi connectivity index (χ1v) is 6.21. The third-order valence-corrected chi connectivity index (χ3v) is 2.27. The van der Waals surface area contributed by atoms with Gasteiger partial charge in [-0.25, -0.2) is 4.79 Å². The molecule has 100 valence electrons. The fourth-order valence-corrected chi connectivity index (χ4v) is 1.45. The van der Waals surface area contributed by atoms with Crippen LogP contribution >= 0.6 is 0 Å². The van der Waals surface area contributed by atoms with E-state index in [0.29, 0.717) is 25.3 Å². The van der Waals surface area contributed by atoms with Gasteiger partial charge in [-0.15, -0.1) is 0 Å². The Balaban J connectivity index is 2.53. The molecule has 0 aromatic heterocycles. The van der Waals surface area contributed by atoms with Gasteiger partial charge in [-0.2, -0.15) is 0 Å². The van der Waals surface area contributed by atoms with E-state index in [1.54, 1.807) is 12.1 Å². The molecule has 0 atom stereocenters. The molecule has 1 aromatic carbocycles. The second kappa shape index (κ2) is 7.84. The summed E-state index contributed by atoms with van der Waals surface area (Å²) < 4.78 is 10.6. The van der Waals surface area contributed by atoms with Gasteiger partial charge in [0.15, 0.2) is 0 Å². The molecule has 0 saturated carbocycles. The zero-order valence-corrected chi connectivity index (χ0v) is 11.0. The van der Waals surface area contributed by atoms with Crippen molar-refractivity contribution in [3.05, 3.63) is 35.4 Å². The minimum atomic E-state index is -0.297. The average molecular weight is 251 g/mol.